The van der Waals surface area contributed by atoms with E-state index in [1.54, 1.807) is 0 Å². The Bertz CT molecular complexity index is 53.7. The third kappa shape index (κ3) is 149. The molecule has 0 bridgehead atoms. The first-order valence-corrected chi connectivity index (χ1v) is 2.19. The molecule has 0 N–H and O–H groups in total. The molecule has 35 valence electrons. The zero-order chi connectivity index (χ0) is 4.50. The average Bonchev–Trinajstić information content (AvgIpc) is 0.722. The maximum absolute atomic E-state index is 8.55. The molecule has 0 spiro atoms. The number of hydrogen-bond donors (Lipinski definition) is 0. The van der Waals surface area contributed by atoms with Gasteiger partial charge in [0.25, 0.3) is 0 Å². The summed E-state index contributed by atoms with van der Waals surface area (Å²) in [5.41, 5.74) is 0. The Balaban J connectivity index is 0. The minimum absolute atomic E-state index is 0. The molecule has 0 aromatic carbocycles. The second-order valence-corrected chi connectivity index (χ2v) is 1.34. The third-order valence-corrected chi connectivity index (χ3v) is 0. The fourth-order valence-corrected chi connectivity index (χ4v) is 0. The van der Waals surface area contributed by atoms with Crippen LogP contribution < -0.4 is 14.7 Å². The first-order chi connectivity index (χ1) is 2.00. The van der Waals surface area contributed by atoms with E-state index in [-0.39, 0.29) is 17.4 Å². The Labute approximate surface area is 45.2 Å². The van der Waals surface area contributed by atoms with E-state index < -0.39 is 7.82 Å². The summed E-state index contributed by atoms with van der Waals surface area (Å²) >= 11 is 0. The van der Waals surface area contributed by atoms with Crippen LogP contribution in [-0.4, -0.2) is 0 Å². The van der Waals surface area contributed by atoms with Gasteiger partial charge in [-0.2, -0.15) is 7.82 Å². The summed E-state index contributed by atoms with van der Waals surface area (Å²) in [5, 5.41) is 0. The van der Waals surface area contributed by atoms with E-state index in [1.807, 2.05) is 0 Å². The molecule has 6 heavy (non-hydrogen) atoms. The first-order valence-electron chi connectivity index (χ1n) is 0.730. The second kappa shape index (κ2) is 2.76. The van der Waals surface area contributed by atoms with Gasteiger partial charge in [-0.3, -0.25) is 0 Å². The van der Waals surface area contributed by atoms with Crippen LogP contribution in [0.25, 0.3) is 0 Å². The molecule has 0 saturated heterocycles. The molecule has 0 saturated carbocycles. The molecule has 4 nitrogen and oxygen atoms in total. The number of phosphoric acid groups is 1. The Hall–Kier alpha value is 0.642. The van der Waals surface area contributed by atoms with Crippen molar-refractivity contribution >= 4 is 7.82 Å². The molecule has 0 rings (SSSR count). The summed E-state index contributed by atoms with van der Waals surface area (Å²) in [5.74, 6) is 0. The molecule has 0 amide bonds. The second-order valence-electron chi connectivity index (χ2n) is 0.447. The fourth-order valence-electron chi connectivity index (χ4n) is 0. The molecule has 0 aliphatic carbocycles. The van der Waals surface area contributed by atoms with Gasteiger partial charge in [0, 0.05) is 0 Å². The van der Waals surface area contributed by atoms with Crippen molar-refractivity contribution in [3.05, 3.63) is 0 Å². The van der Waals surface area contributed by atoms with Crippen LogP contribution in [0, 0.1) is 0 Å². The van der Waals surface area contributed by atoms with Gasteiger partial charge in [0.05, 0.1) is 0 Å². The van der Waals surface area contributed by atoms with Crippen LogP contribution in [0.2, 0.25) is 0 Å². The topological polar surface area (TPSA) is 86.2 Å². The minimum atomic E-state index is -5.39. The van der Waals surface area contributed by atoms with Gasteiger partial charge in [-0.15, -0.1) is 0 Å². The van der Waals surface area contributed by atoms with Crippen molar-refractivity contribution < 1.29 is 36.6 Å². The maximum Gasteiger partial charge on any atom is 3.00 e. The van der Waals surface area contributed by atoms with E-state index in [0.29, 0.717) is 0 Å². The van der Waals surface area contributed by atoms with Crippen molar-refractivity contribution in [1.82, 2.24) is 0 Å². The molecule has 0 aromatic heterocycles. The smallest absolute Gasteiger partial charge is 0.822 e. The molecule has 0 atom stereocenters. The summed E-state index contributed by atoms with van der Waals surface area (Å²) in [6, 6.07) is 0. The van der Waals surface area contributed by atoms with E-state index in [1.165, 1.54) is 0 Å². The van der Waals surface area contributed by atoms with Crippen molar-refractivity contribution in [1.29, 1.82) is 0 Å². The molecule has 1 radical (unpaired) electrons. The van der Waals surface area contributed by atoms with Crippen molar-refractivity contribution in [3.8, 4) is 0 Å². The fraction of sp³-hybridized carbons (Fsp3) is 0. The number of hydrogen-bond acceptors (Lipinski definition) is 4. The van der Waals surface area contributed by atoms with Crippen LogP contribution >= 0.6 is 7.82 Å². The molecule has 0 heterocycles. The normalized spacial score (nSPS) is 9.83. The summed E-state index contributed by atoms with van der Waals surface area (Å²) < 4.78 is 8.55. The standard InChI is InChI=1S/Cr.H3O4P/c;1-5(2,3)4/h;(H3,1,2,3,4)/q+3;/p-3/i1-1;. The molecule has 0 aliphatic rings. The summed E-state index contributed by atoms with van der Waals surface area (Å²) in [4.78, 5) is 25.6. The summed E-state index contributed by atoms with van der Waals surface area (Å²) in [6.45, 7) is 0. The third-order valence-electron chi connectivity index (χ3n) is 0. The zero-order valence-electron chi connectivity index (χ0n) is 2.49. The van der Waals surface area contributed by atoms with Crippen LogP contribution in [0.15, 0.2) is 0 Å². The van der Waals surface area contributed by atoms with Crippen LogP contribution in [0.1, 0.15) is 0 Å². The van der Waals surface area contributed by atoms with E-state index in [0.717, 1.165) is 0 Å². The van der Waals surface area contributed by atoms with E-state index >= 15 is 0 Å². The first kappa shape index (κ1) is 9.81. The van der Waals surface area contributed by atoms with Gasteiger partial charge in [-0.25, -0.2) is 0 Å². The monoisotopic (exact) mass is 146 g/mol. The summed E-state index contributed by atoms with van der Waals surface area (Å²) in [6.07, 6.45) is 0. The Kier molecular flexibility index (Phi) is 4.51. The van der Waals surface area contributed by atoms with Gasteiger partial charge in [-0.05, 0) is 0 Å². The zero-order valence-corrected chi connectivity index (χ0v) is 4.66. The summed E-state index contributed by atoms with van der Waals surface area (Å²) in [7, 11) is -5.39. The van der Waals surface area contributed by atoms with Crippen LogP contribution in [0.4, 0.5) is 0 Å². The maximum atomic E-state index is 8.55. The van der Waals surface area contributed by atoms with E-state index in [9.17, 15) is 0 Å². The van der Waals surface area contributed by atoms with Crippen molar-refractivity contribution in [3.63, 3.8) is 0 Å². The van der Waals surface area contributed by atoms with Crippen molar-refractivity contribution in [2.24, 2.45) is 0 Å². The van der Waals surface area contributed by atoms with E-state index in [2.05, 4.69) is 0 Å². The van der Waals surface area contributed by atoms with Gasteiger partial charge in [-0.1, -0.05) is 0 Å². The molecule has 6 heteroatoms. The quantitative estimate of drug-likeness (QED) is 0.344. The van der Waals surface area contributed by atoms with E-state index in [4.69, 9.17) is 19.2 Å². The average molecular weight is 146 g/mol. The Morgan fingerprint density at radius 2 is 1.17 bits per heavy atom. The Morgan fingerprint density at radius 1 is 1.17 bits per heavy atom. The van der Waals surface area contributed by atoms with Gasteiger partial charge >= 0.3 is 17.4 Å². The molecular weight excluding hydrogens is 146 g/mol. The van der Waals surface area contributed by atoms with Crippen molar-refractivity contribution in [2.75, 3.05) is 0 Å². The number of rotatable bonds is 0. The molecule has 0 aromatic rings. The van der Waals surface area contributed by atoms with Gasteiger partial charge in [0.1, 0.15) is 0 Å². The van der Waals surface area contributed by atoms with Gasteiger partial charge in [0.2, 0.25) is 0 Å². The van der Waals surface area contributed by atoms with Crippen molar-refractivity contribution in [2.45, 2.75) is 0 Å². The van der Waals surface area contributed by atoms with Gasteiger partial charge in [0.15, 0.2) is 0 Å². The Morgan fingerprint density at radius 3 is 1.17 bits per heavy atom. The molecule has 0 fully saturated rings. The SMILES string of the molecule is O=P([O-])([O-])[O-].[51Cr+3]. The molecular formula is CrO4P. The van der Waals surface area contributed by atoms with Crippen LogP contribution in [0.5, 0.6) is 0 Å². The molecule has 0 aliphatic heterocycles. The predicted octanol–water partition coefficient (Wildman–Crippen LogP) is -2.83. The molecule has 0 unspecified atom stereocenters. The minimum Gasteiger partial charge on any atom is -0.822 e. The van der Waals surface area contributed by atoms with Crippen LogP contribution in [0.3, 0.4) is 0 Å². The van der Waals surface area contributed by atoms with Gasteiger partial charge < -0.3 is 19.2 Å². The largest absolute Gasteiger partial charge is 3.00 e. The predicted molar refractivity (Wildman–Crippen MR) is 7.61 cm³/mol. The van der Waals surface area contributed by atoms with Crippen LogP contribution in [-0.2, 0) is 21.9 Å².